The Balaban J connectivity index is 1.75. The van der Waals surface area contributed by atoms with E-state index in [-0.39, 0.29) is 5.91 Å². The van der Waals surface area contributed by atoms with Crippen LogP contribution in [0.2, 0.25) is 0 Å². The van der Waals surface area contributed by atoms with Crippen LogP contribution in [0.3, 0.4) is 0 Å². The van der Waals surface area contributed by atoms with Gasteiger partial charge in [0.2, 0.25) is 5.91 Å². The summed E-state index contributed by atoms with van der Waals surface area (Å²) in [6.07, 6.45) is 2.78. The molecule has 1 aliphatic carbocycles. The summed E-state index contributed by atoms with van der Waals surface area (Å²) < 4.78 is 0. The number of aryl methyl sites for hydroxylation is 1. The smallest absolute Gasteiger partial charge is 0.221 e. The van der Waals surface area contributed by atoms with E-state index in [0.717, 1.165) is 29.8 Å². The summed E-state index contributed by atoms with van der Waals surface area (Å²) in [4.78, 5) is 11.5. The standard InChI is InChI=1S/C13H19N3O/c1-9-8-10(14)2-5-12(9)15-7-6-13(17)16-11-3-4-11/h2,5,8,11,15H,3-4,6-7,14H2,1H3,(H,16,17). The van der Waals surface area contributed by atoms with Gasteiger partial charge in [0, 0.05) is 30.4 Å². The third-order valence-electron chi connectivity index (χ3n) is 2.86. The van der Waals surface area contributed by atoms with Gasteiger partial charge >= 0.3 is 0 Å². The summed E-state index contributed by atoms with van der Waals surface area (Å²) in [6, 6.07) is 6.18. The van der Waals surface area contributed by atoms with Crippen molar-refractivity contribution in [3.63, 3.8) is 0 Å². The van der Waals surface area contributed by atoms with E-state index in [0.29, 0.717) is 19.0 Å². The Hall–Kier alpha value is -1.71. The summed E-state index contributed by atoms with van der Waals surface area (Å²) in [6.45, 7) is 2.66. The van der Waals surface area contributed by atoms with Crippen LogP contribution in [-0.4, -0.2) is 18.5 Å². The van der Waals surface area contributed by atoms with Gasteiger partial charge in [-0.05, 0) is 43.5 Å². The molecule has 1 fully saturated rings. The van der Waals surface area contributed by atoms with Crippen LogP contribution in [0.5, 0.6) is 0 Å². The molecule has 1 aliphatic rings. The van der Waals surface area contributed by atoms with Gasteiger partial charge in [-0.25, -0.2) is 0 Å². The number of hydrogen-bond donors (Lipinski definition) is 3. The van der Waals surface area contributed by atoms with Crippen molar-refractivity contribution in [2.75, 3.05) is 17.6 Å². The van der Waals surface area contributed by atoms with E-state index in [9.17, 15) is 4.79 Å². The van der Waals surface area contributed by atoms with E-state index in [1.807, 2.05) is 25.1 Å². The Morgan fingerprint density at radius 1 is 1.47 bits per heavy atom. The molecule has 0 aromatic heterocycles. The number of amides is 1. The second kappa shape index (κ2) is 5.08. The van der Waals surface area contributed by atoms with Crippen molar-refractivity contribution in [3.8, 4) is 0 Å². The maximum absolute atomic E-state index is 11.5. The number of carbonyl (C=O) groups excluding carboxylic acids is 1. The first-order valence-corrected chi connectivity index (χ1v) is 6.04. The van der Waals surface area contributed by atoms with Crippen molar-refractivity contribution in [2.45, 2.75) is 32.2 Å². The molecule has 0 aliphatic heterocycles. The Morgan fingerprint density at radius 2 is 2.24 bits per heavy atom. The van der Waals surface area contributed by atoms with Crippen LogP contribution in [0.1, 0.15) is 24.8 Å². The summed E-state index contributed by atoms with van der Waals surface area (Å²) in [5.74, 6) is 0.132. The second-order valence-electron chi connectivity index (χ2n) is 4.59. The third kappa shape index (κ3) is 3.66. The number of hydrogen-bond acceptors (Lipinski definition) is 3. The fraction of sp³-hybridized carbons (Fsp3) is 0.462. The largest absolute Gasteiger partial charge is 0.399 e. The number of anilines is 2. The first-order chi connectivity index (χ1) is 8.15. The fourth-order valence-corrected chi connectivity index (χ4v) is 1.72. The zero-order valence-corrected chi connectivity index (χ0v) is 10.1. The fourth-order valence-electron chi connectivity index (χ4n) is 1.72. The maximum Gasteiger partial charge on any atom is 0.221 e. The molecule has 1 saturated carbocycles. The number of nitrogen functional groups attached to an aromatic ring is 1. The molecule has 0 spiro atoms. The molecule has 2 rings (SSSR count). The minimum absolute atomic E-state index is 0.132. The van der Waals surface area contributed by atoms with E-state index in [1.165, 1.54) is 0 Å². The van der Waals surface area contributed by atoms with Crippen molar-refractivity contribution >= 4 is 17.3 Å². The minimum Gasteiger partial charge on any atom is -0.399 e. The monoisotopic (exact) mass is 233 g/mol. The van der Waals surface area contributed by atoms with E-state index < -0.39 is 0 Å². The van der Waals surface area contributed by atoms with Crippen LogP contribution >= 0.6 is 0 Å². The normalized spacial score (nSPS) is 14.4. The molecule has 1 amide bonds. The molecule has 0 unspecified atom stereocenters. The summed E-state index contributed by atoms with van der Waals surface area (Å²) in [5, 5.41) is 6.21. The van der Waals surface area contributed by atoms with Gasteiger partial charge < -0.3 is 16.4 Å². The number of nitrogens with one attached hydrogen (secondary N) is 2. The van der Waals surface area contributed by atoms with Crippen LogP contribution in [0, 0.1) is 6.92 Å². The average molecular weight is 233 g/mol. The summed E-state index contributed by atoms with van der Waals surface area (Å²) in [5.41, 5.74) is 8.58. The van der Waals surface area contributed by atoms with Gasteiger partial charge in [-0.2, -0.15) is 0 Å². The predicted octanol–water partition coefficient (Wildman–Crippen LogP) is 1.66. The molecular formula is C13H19N3O. The average Bonchev–Trinajstić information content (AvgIpc) is 3.05. The lowest BCUT2D eigenvalue weighted by Gasteiger charge is -2.10. The van der Waals surface area contributed by atoms with Crippen molar-refractivity contribution in [1.82, 2.24) is 5.32 Å². The molecule has 17 heavy (non-hydrogen) atoms. The Kier molecular flexibility index (Phi) is 3.52. The molecule has 0 saturated heterocycles. The van der Waals surface area contributed by atoms with Crippen LogP contribution in [0.25, 0.3) is 0 Å². The van der Waals surface area contributed by atoms with Crippen molar-refractivity contribution < 1.29 is 4.79 Å². The van der Waals surface area contributed by atoms with Crippen molar-refractivity contribution in [2.24, 2.45) is 0 Å². The predicted molar refractivity (Wildman–Crippen MR) is 69.9 cm³/mol. The van der Waals surface area contributed by atoms with Crippen molar-refractivity contribution in [3.05, 3.63) is 23.8 Å². The number of rotatable bonds is 5. The van der Waals surface area contributed by atoms with Gasteiger partial charge in [0.15, 0.2) is 0 Å². The number of nitrogens with two attached hydrogens (primary N) is 1. The van der Waals surface area contributed by atoms with E-state index >= 15 is 0 Å². The highest BCUT2D eigenvalue weighted by molar-refractivity contribution is 5.77. The molecule has 4 heteroatoms. The molecular weight excluding hydrogens is 214 g/mol. The van der Waals surface area contributed by atoms with Crippen LogP contribution in [0.4, 0.5) is 11.4 Å². The topological polar surface area (TPSA) is 67.1 Å². The zero-order chi connectivity index (χ0) is 12.3. The summed E-state index contributed by atoms with van der Waals surface area (Å²) >= 11 is 0. The molecule has 4 N–H and O–H groups in total. The van der Waals surface area contributed by atoms with Gasteiger partial charge in [0.05, 0.1) is 0 Å². The molecule has 0 bridgehead atoms. The molecule has 0 heterocycles. The van der Waals surface area contributed by atoms with Gasteiger partial charge in [-0.3, -0.25) is 4.79 Å². The van der Waals surface area contributed by atoms with Gasteiger partial charge in [0.1, 0.15) is 0 Å². The summed E-state index contributed by atoms with van der Waals surface area (Å²) in [7, 11) is 0. The lowest BCUT2D eigenvalue weighted by atomic mass is 10.2. The lowest BCUT2D eigenvalue weighted by Crippen LogP contribution is -2.27. The first kappa shape index (κ1) is 11.8. The Bertz CT molecular complexity index is 413. The molecule has 1 aromatic rings. The van der Waals surface area contributed by atoms with E-state index in [2.05, 4.69) is 10.6 Å². The van der Waals surface area contributed by atoms with Crippen LogP contribution < -0.4 is 16.4 Å². The minimum atomic E-state index is 0.132. The molecule has 4 nitrogen and oxygen atoms in total. The van der Waals surface area contributed by atoms with Crippen molar-refractivity contribution in [1.29, 1.82) is 0 Å². The Labute approximate surface area is 102 Å². The quantitative estimate of drug-likeness (QED) is 0.677. The number of carbonyl (C=O) groups is 1. The maximum atomic E-state index is 11.5. The number of benzene rings is 1. The van der Waals surface area contributed by atoms with E-state index in [1.54, 1.807) is 0 Å². The van der Waals surface area contributed by atoms with Crippen LogP contribution in [0.15, 0.2) is 18.2 Å². The van der Waals surface area contributed by atoms with Gasteiger partial charge in [-0.1, -0.05) is 0 Å². The lowest BCUT2D eigenvalue weighted by molar-refractivity contribution is -0.120. The molecule has 1 aromatic carbocycles. The highest BCUT2D eigenvalue weighted by atomic mass is 16.1. The second-order valence-corrected chi connectivity index (χ2v) is 4.59. The first-order valence-electron chi connectivity index (χ1n) is 6.04. The van der Waals surface area contributed by atoms with Gasteiger partial charge in [0.25, 0.3) is 0 Å². The van der Waals surface area contributed by atoms with Crippen LogP contribution in [-0.2, 0) is 4.79 Å². The SMILES string of the molecule is Cc1cc(N)ccc1NCCC(=O)NC1CC1. The molecule has 0 atom stereocenters. The molecule has 0 radical (unpaired) electrons. The molecule has 92 valence electrons. The third-order valence-corrected chi connectivity index (χ3v) is 2.86. The highest BCUT2D eigenvalue weighted by Crippen LogP contribution is 2.19. The Morgan fingerprint density at radius 3 is 2.88 bits per heavy atom. The van der Waals surface area contributed by atoms with Gasteiger partial charge in [-0.15, -0.1) is 0 Å². The highest BCUT2D eigenvalue weighted by Gasteiger charge is 2.22. The zero-order valence-electron chi connectivity index (χ0n) is 10.1. The van der Waals surface area contributed by atoms with E-state index in [4.69, 9.17) is 5.73 Å².